The maximum Gasteiger partial charge on any atom is 0.407 e. The average molecular weight is 359 g/mol. The van der Waals surface area contributed by atoms with Crippen molar-refractivity contribution in [3.63, 3.8) is 0 Å². The molecule has 1 amide bonds. The van der Waals surface area contributed by atoms with Crippen LogP contribution in [0.4, 0.5) is 10.5 Å². The fourth-order valence-corrected chi connectivity index (χ4v) is 4.75. The number of nitrogens with zero attached hydrogens (tertiary/aromatic N) is 2. The highest BCUT2D eigenvalue weighted by molar-refractivity contribution is 5.70. The number of nitrogens with one attached hydrogen (secondary N) is 1. The van der Waals surface area contributed by atoms with Crippen LogP contribution in [0.15, 0.2) is 18.2 Å². The number of likely N-dealkylation sites (tertiary alicyclic amines) is 1. The molecule has 0 unspecified atom stereocenters. The van der Waals surface area contributed by atoms with E-state index >= 15 is 0 Å². The van der Waals surface area contributed by atoms with E-state index in [4.69, 9.17) is 14.2 Å². The third-order valence-electron chi connectivity index (χ3n) is 6.14. The zero-order valence-electron chi connectivity index (χ0n) is 14.9. The first-order valence-electron chi connectivity index (χ1n) is 9.56. The van der Waals surface area contributed by atoms with Crippen molar-refractivity contribution >= 4 is 11.8 Å². The quantitative estimate of drug-likeness (QED) is 0.871. The number of hydrogen-bond donors (Lipinski definition) is 1. The molecule has 7 heteroatoms. The number of hydrogen-bond acceptors (Lipinski definition) is 6. The number of rotatable bonds is 2. The second-order valence-electron chi connectivity index (χ2n) is 7.76. The molecule has 0 aliphatic carbocycles. The first-order valence-corrected chi connectivity index (χ1v) is 9.56. The van der Waals surface area contributed by atoms with Gasteiger partial charge >= 0.3 is 6.09 Å². The summed E-state index contributed by atoms with van der Waals surface area (Å²) in [5.41, 5.74) is 0.904. The molecular weight excluding hydrogens is 334 g/mol. The van der Waals surface area contributed by atoms with Gasteiger partial charge in [-0.25, -0.2) is 4.79 Å². The van der Waals surface area contributed by atoms with E-state index in [1.165, 1.54) is 5.69 Å². The summed E-state index contributed by atoms with van der Waals surface area (Å²) < 4.78 is 16.5. The van der Waals surface area contributed by atoms with Crippen LogP contribution in [-0.4, -0.2) is 62.2 Å². The summed E-state index contributed by atoms with van der Waals surface area (Å²) in [6.45, 7) is 5.00. The Morgan fingerprint density at radius 1 is 1.12 bits per heavy atom. The molecule has 4 aliphatic rings. The largest absolute Gasteiger partial charge is 0.454 e. The minimum atomic E-state index is -0.302. The minimum absolute atomic E-state index is 0.260. The van der Waals surface area contributed by atoms with Crippen LogP contribution in [-0.2, 0) is 4.74 Å². The summed E-state index contributed by atoms with van der Waals surface area (Å²) >= 11 is 0. The number of ether oxygens (including phenoxy) is 3. The summed E-state index contributed by atoms with van der Waals surface area (Å²) in [6.07, 6.45) is 4.07. The first-order chi connectivity index (χ1) is 12.7. The van der Waals surface area contributed by atoms with Gasteiger partial charge in [-0.2, -0.15) is 0 Å². The molecule has 0 radical (unpaired) electrons. The lowest BCUT2D eigenvalue weighted by Crippen LogP contribution is -2.55. The number of fused-ring (bicyclic) bond motifs is 1. The predicted molar refractivity (Wildman–Crippen MR) is 95.8 cm³/mol. The molecule has 140 valence electrons. The molecule has 3 fully saturated rings. The van der Waals surface area contributed by atoms with E-state index in [2.05, 4.69) is 27.2 Å². The monoisotopic (exact) mass is 359 g/mol. The van der Waals surface area contributed by atoms with Crippen LogP contribution in [0.3, 0.4) is 0 Å². The summed E-state index contributed by atoms with van der Waals surface area (Å²) in [5, 5.41) is 2.83. The van der Waals surface area contributed by atoms with Crippen LogP contribution >= 0.6 is 0 Å². The third-order valence-corrected chi connectivity index (χ3v) is 6.14. The van der Waals surface area contributed by atoms with E-state index in [1.807, 2.05) is 6.07 Å². The lowest BCUT2D eigenvalue weighted by Gasteiger charge is -2.45. The summed E-state index contributed by atoms with van der Waals surface area (Å²) in [5.74, 6) is 1.68. The molecule has 1 aromatic carbocycles. The van der Waals surface area contributed by atoms with E-state index in [1.54, 1.807) is 0 Å². The number of anilines is 1. The van der Waals surface area contributed by atoms with Crippen molar-refractivity contribution in [1.29, 1.82) is 0 Å². The van der Waals surface area contributed by atoms with Gasteiger partial charge in [0.25, 0.3) is 0 Å². The second-order valence-corrected chi connectivity index (χ2v) is 7.76. The van der Waals surface area contributed by atoms with Crippen LogP contribution in [0.25, 0.3) is 0 Å². The smallest absolute Gasteiger partial charge is 0.407 e. The van der Waals surface area contributed by atoms with Crippen LogP contribution in [0, 0.1) is 0 Å². The van der Waals surface area contributed by atoms with Crippen molar-refractivity contribution in [2.24, 2.45) is 0 Å². The fourth-order valence-electron chi connectivity index (χ4n) is 4.75. The number of benzene rings is 1. The van der Waals surface area contributed by atoms with Gasteiger partial charge in [-0.1, -0.05) is 0 Å². The van der Waals surface area contributed by atoms with E-state index in [0.717, 1.165) is 63.4 Å². The Kier molecular flexibility index (Phi) is 3.85. The van der Waals surface area contributed by atoms with Crippen LogP contribution in [0.1, 0.15) is 25.7 Å². The Morgan fingerprint density at radius 2 is 1.96 bits per heavy atom. The Balaban J connectivity index is 1.21. The van der Waals surface area contributed by atoms with Crippen molar-refractivity contribution < 1.29 is 19.0 Å². The number of carbonyl (C=O) groups excluding carboxylic acids is 1. The molecule has 0 saturated carbocycles. The molecule has 7 nitrogen and oxygen atoms in total. The summed E-state index contributed by atoms with van der Waals surface area (Å²) in [7, 11) is 0. The minimum Gasteiger partial charge on any atom is -0.454 e. The average Bonchev–Trinajstić information content (AvgIpc) is 3.28. The number of piperidine rings is 2. The Bertz CT molecular complexity index is 704. The standard InChI is InChI=1S/C19H25N3O4/c23-18-20-11-19(26-18)6-1-7-22(12-19)14-4-8-21(9-5-14)15-2-3-16-17(10-15)25-13-24-16/h2-3,10,14H,1,4-9,11-13H2,(H,20,23)/t19-/m1/s1. The Labute approximate surface area is 153 Å². The molecule has 3 saturated heterocycles. The van der Waals surface area contributed by atoms with Gasteiger partial charge in [0.1, 0.15) is 5.60 Å². The topological polar surface area (TPSA) is 63.3 Å². The molecule has 1 spiro atoms. The van der Waals surface area contributed by atoms with Gasteiger partial charge in [-0.05, 0) is 44.4 Å². The Morgan fingerprint density at radius 3 is 2.77 bits per heavy atom. The molecule has 1 N–H and O–H groups in total. The molecular formula is C19H25N3O4. The van der Waals surface area contributed by atoms with Gasteiger partial charge in [0, 0.05) is 37.4 Å². The number of alkyl carbamates (subject to hydrolysis) is 1. The van der Waals surface area contributed by atoms with Crippen LogP contribution in [0.2, 0.25) is 0 Å². The molecule has 0 aromatic heterocycles. The highest BCUT2D eigenvalue weighted by atomic mass is 16.7. The molecule has 5 rings (SSSR count). The highest BCUT2D eigenvalue weighted by Gasteiger charge is 2.45. The molecule has 1 aromatic rings. The first kappa shape index (κ1) is 16.1. The molecule has 4 heterocycles. The van der Waals surface area contributed by atoms with E-state index < -0.39 is 0 Å². The zero-order valence-corrected chi connectivity index (χ0v) is 14.9. The maximum atomic E-state index is 11.5. The molecule has 1 atom stereocenters. The SMILES string of the molecule is O=C1NC[C@@]2(CCCN(C3CCN(c4ccc5c(c4)OCO5)CC3)C2)O1. The highest BCUT2D eigenvalue weighted by Crippen LogP contribution is 2.37. The van der Waals surface area contributed by atoms with E-state index in [9.17, 15) is 4.79 Å². The summed E-state index contributed by atoms with van der Waals surface area (Å²) in [6, 6.07) is 6.77. The van der Waals surface area contributed by atoms with Gasteiger partial charge < -0.3 is 24.4 Å². The second kappa shape index (κ2) is 6.23. The predicted octanol–water partition coefficient (Wildman–Crippen LogP) is 1.96. The molecule has 0 bridgehead atoms. The van der Waals surface area contributed by atoms with Crippen molar-refractivity contribution in [2.45, 2.75) is 37.3 Å². The number of amides is 1. The number of carbonyl (C=O) groups is 1. The van der Waals surface area contributed by atoms with Crippen LogP contribution < -0.4 is 19.7 Å². The van der Waals surface area contributed by atoms with Crippen molar-refractivity contribution in [1.82, 2.24) is 10.2 Å². The van der Waals surface area contributed by atoms with Gasteiger partial charge in [-0.3, -0.25) is 4.90 Å². The van der Waals surface area contributed by atoms with Crippen molar-refractivity contribution in [3.8, 4) is 11.5 Å². The molecule has 4 aliphatic heterocycles. The van der Waals surface area contributed by atoms with Crippen molar-refractivity contribution in [2.75, 3.05) is 44.4 Å². The lowest BCUT2D eigenvalue weighted by atomic mass is 9.90. The lowest BCUT2D eigenvalue weighted by molar-refractivity contribution is -0.0258. The zero-order chi connectivity index (χ0) is 17.6. The Hall–Kier alpha value is -2.15. The van der Waals surface area contributed by atoms with Gasteiger partial charge in [0.05, 0.1) is 6.54 Å². The van der Waals surface area contributed by atoms with Gasteiger partial charge in [0.2, 0.25) is 6.79 Å². The molecule has 26 heavy (non-hydrogen) atoms. The van der Waals surface area contributed by atoms with Gasteiger partial charge in [0.15, 0.2) is 11.5 Å². The summed E-state index contributed by atoms with van der Waals surface area (Å²) in [4.78, 5) is 16.5. The van der Waals surface area contributed by atoms with Crippen molar-refractivity contribution in [3.05, 3.63) is 18.2 Å². The van der Waals surface area contributed by atoms with E-state index in [-0.39, 0.29) is 11.7 Å². The normalized spacial score (nSPS) is 29.1. The third kappa shape index (κ3) is 2.84. The van der Waals surface area contributed by atoms with E-state index in [0.29, 0.717) is 19.4 Å². The fraction of sp³-hybridized carbons (Fsp3) is 0.632. The van der Waals surface area contributed by atoms with Gasteiger partial charge in [-0.15, -0.1) is 0 Å². The van der Waals surface area contributed by atoms with Crippen LogP contribution in [0.5, 0.6) is 11.5 Å². The maximum absolute atomic E-state index is 11.5.